The topological polar surface area (TPSA) is 18.8 Å². The van der Waals surface area contributed by atoms with E-state index in [1.165, 1.54) is 17.3 Å². The van der Waals surface area contributed by atoms with Crippen molar-refractivity contribution in [3.8, 4) is 22.3 Å². The first-order valence-electron chi connectivity index (χ1n) is 20.3. The molecule has 3 nitrogen and oxygen atoms in total. The van der Waals surface area contributed by atoms with E-state index < -0.39 is 28.6 Å². The van der Waals surface area contributed by atoms with Gasteiger partial charge in [-0.3, -0.25) is 4.90 Å². The van der Waals surface area contributed by atoms with Gasteiger partial charge in [-0.25, -0.2) is 4.99 Å². The van der Waals surface area contributed by atoms with Crippen molar-refractivity contribution in [3.05, 3.63) is 138 Å². The van der Waals surface area contributed by atoms with Gasteiger partial charge in [-0.2, -0.15) is 0 Å². The number of nitrogens with zero attached hydrogens (tertiary/aromatic N) is 3. The predicted octanol–water partition coefficient (Wildman–Crippen LogP) is 9.42. The van der Waals surface area contributed by atoms with Crippen molar-refractivity contribution in [1.82, 2.24) is 0 Å². The summed E-state index contributed by atoms with van der Waals surface area (Å²) in [7, 11) is -2.21. The van der Waals surface area contributed by atoms with Crippen LogP contribution in [0.1, 0.15) is 29.0 Å². The first-order valence-corrected chi connectivity index (χ1v) is 19.6. The quantitative estimate of drug-likeness (QED) is 0.181. The Bertz CT molecular complexity index is 2550. The molecule has 0 saturated carbocycles. The van der Waals surface area contributed by atoms with Crippen LogP contribution >= 0.6 is 11.8 Å². The van der Waals surface area contributed by atoms with Gasteiger partial charge in [0.15, 0.2) is 0 Å². The van der Waals surface area contributed by atoms with Crippen LogP contribution in [0.5, 0.6) is 0 Å². The minimum atomic E-state index is -2.71. The van der Waals surface area contributed by atoms with Gasteiger partial charge >= 0.3 is 0 Å². The van der Waals surface area contributed by atoms with Gasteiger partial charge in [0.1, 0.15) is 8.07 Å². The molecule has 0 bridgehead atoms. The predicted molar refractivity (Wildman–Crippen MR) is 203 cm³/mol. The maximum Gasteiger partial charge on any atom is 0.211 e. The number of aliphatic imine (C=N–C) groups is 1. The summed E-state index contributed by atoms with van der Waals surface area (Å²) in [5, 5.41) is 2.44. The SMILES string of the molecule is [2H]C([2H])([2H])c1cc(N2C3=NC4C=CC=CC4N3c3ccccc32)ccc1-c1cc(C([2H])([2H])[2H])c(-c2cccc3c2Sc2ccccc2[Si]3(C)C)cc1C([2H])([2H])[2H]. The van der Waals surface area contributed by atoms with E-state index in [0.29, 0.717) is 22.8 Å². The Morgan fingerprint density at radius 3 is 2.21 bits per heavy atom. The Morgan fingerprint density at radius 2 is 1.38 bits per heavy atom. The van der Waals surface area contributed by atoms with E-state index >= 15 is 0 Å². The van der Waals surface area contributed by atoms with E-state index in [4.69, 9.17) is 17.3 Å². The number of fused-ring (bicyclic) bond motifs is 7. The Kier molecular flexibility index (Phi) is 4.59. The summed E-state index contributed by atoms with van der Waals surface area (Å²) in [5.74, 6) is 0.664. The molecular weight excluding hydrogens is 607 g/mol. The zero-order valence-electron chi connectivity index (χ0n) is 35.0. The van der Waals surface area contributed by atoms with Gasteiger partial charge < -0.3 is 4.90 Å². The lowest BCUT2D eigenvalue weighted by atomic mass is 9.90. The van der Waals surface area contributed by atoms with Crippen molar-refractivity contribution in [1.29, 1.82) is 0 Å². The molecule has 3 aliphatic heterocycles. The number of para-hydroxylation sites is 2. The van der Waals surface area contributed by atoms with Gasteiger partial charge in [-0.1, -0.05) is 116 Å². The third-order valence-electron chi connectivity index (χ3n) is 9.90. The number of benzene rings is 5. The Hall–Kier alpha value is -4.58. The van der Waals surface area contributed by atoms with Crippen LogP contribution in [-0.2, 0) is 0 Å². The second kappa shape index (κ2) is 10.5. The van der Waals surface area contributed by atoms with Gasteiger partial charge in [0, 0.05) is 27.8 Å². The lowest BCUT2D eigenvalue weighted by Gasteiger charge is -2.34. The molecule has 5 aromatic rings. The average Bonchev–Trinajstić information content (AvgIpc) is 3.68. The molecule has 0 N–H and O–H groups in total. The number of anilines is 3. The van der Waals surface area contributed by atoms with Crippen LogP contribution in [0.3, 0.4) is 0 Å². The minimum absolute atomic E-state index is 0.0297. The molecule has 0 fully saturated rings. The Balaban J connectivity index is 1.24. The lowest BCUT2D eigenvalue weighted by molar-refractivity contribution is 0.741. The highest BCUT2D eigenvalue weighted by Crippen LogP contribution is 2.48. The van der Waals surface area contributed by atoms with E-state index in [2.05, 4.69) is 42.3 Å². The Morgan fingerprint density at radius 1 is 0.681 bits per heavy atom. The van der Waals surface area contributed by atoms with Crippen molar-refractivity contribution in [3.63, 3.8) is 0 Å². The third-order valence-corrected chi connectivity index (χ3v) is 15.0. The van der Waals surface area contributed by atoms with Crippen LogP contribution < -0.4 is 20.2 Å². The molecule has 2 atom stereocenters. The normalized spacial score (nSPS) is 23.2. The zero-order chi connectivity index (χ0) is 39.5. The zero-order valence-corrected chi connectivity index (χ0v) is 27.8. The molecule has 0 amide bonds. The highest BCUT2D eigenvalue weighted by molar-refractivity contribution is 8.00. The van der Waals surface area contributed by atoms with E-state index in [9.17, 15) is 0 Å². The van der Waals surface area contributed by atoms with Crippen molar-refractivity contribution >= 4 is 53.2 Å². The third kappa shape index (κ3) is 4.22. The fourth-order valence-corrected chi connectivity index (χ4v) is 13.1. The number of allylic oxidation sites excluding steroid dienone is 2. The van der Waals surface area contributed by atoms with Crippen molar-refractivity contribution < 1.29 is 12.3 Å². The fourth-order valence-electron chi connectivity index (χ4n) is 7.55. The molecule has 5 heteroatoms. The smallest absolute Gasteiger partial charge is 0.211 e. The van der Waals surface area contributed by atoms with Crippen molar-refractivity contribution in [2.24, 2.45) is 4.99 Å². The monoisotopic (exact) mass is 652 g/mol. The number of aryl methyl sites for hydroxylation is 3. The lowest BCUT2D eigenvalue weighted by Crippen LogP contribution is -2.56. The number of hydrogen-bond acceptors (Lipinski definition) is 4. The summed E-state index contributed by atoms with van der Waals surface area (Å²) in [6.07, 6.45) is 8.12. The molecule has 0 radical (unpaired) electrons. The second-order valence-electron chi connectivity index (χ2n) is 13.0. The average molecular weight is 653 g/mol. The summed E-state index contributed by atoms with van der Waals surface area (Å²) >= 11 is 1.58. The molecule has 4 aliphatic rings. The van der Waals surface area contributed by atoms with Crippen LogP contribution in [0.15, 0.2) is 136 Å². The van der Waals surface area contributed by atoms with Crippen LogP contribution in [0.2, 0.25) is 13.1 Å². The standard InChI is InChI=1S/C42H37N3SSi/c1-26-23-29(44-36-16-8-9-17-37(36)45-35-15-7-6-14-34(35)43-42(44)45)21-22-30(26)32-24-28(3)33(25-27(32)2)31-13-12-20-40-41(31)46-38-18-10-11-19-39(38)47(40,4)5/h6-25,34-35H,1-5H3/i1D3,2D3,3D3. The summed E-state index contributed by atoms with van der Waals surface area (Å²) in [5.41, 5.74) is 3.23. The molecule has 3 heterocycles. The minimum Gasteiger partial charge on any atom is -0.300 e. The molecule has 1 aliphatic carbocycles. The van der Waals surface area contributed by atoms with Gasteiger partial charge in [0.05, 0.1) is 23.5 Å². The van der Waals surface area contributed by atoms with Crippen LogP contribution in [0.4, 0.5) is 17.1 Å². The number of hydrogen-bond donors (Lipinski definition) is 0. The first-order chi connectivity index (χ1) is 26.4. The summed E-state index contributed by atoms with van der Waals surface area (Å²) in [6, 6.07) is 29.7. The van der Waals surface area contributed by atoms with E-state index in [1.54, 1.807) is 30.0 Å². The first kappa shape index (κ1) is 20.6. The van der Waals surface area contributed by atoms with Crippen LogP contribution in [0.25, 0.3) is 22.3 Å². The van der Waals surface area contributed by atoms with Gasteiger partial charge in [-0.15, -0.1) is 0 Å². The van der Waals surface area contributed by atoms with Gasteiger partial charge in [-0.05, 0) is 100 Å². The van der Waals surface area contributed by atoms with E-state index in [1.807, 2.05) is 71.7 Å². The molecule has 0 saturated heterocycles. The molecular formula is C42H37N3SSi. The Labute approximate surface area is 295 Å². The molecule has 230 valence electrons. The largest absolute Gasteiger partial charge is 0.300 e. The summed E-state index contributed by atoms with van der Waals surface area (Å²) in [6.45, 7) is -3.52. The van der Waals surface area contributed by atoms with E-state index in [0.717, 1.165) is 26.4 Å². The summed E-state index contributed by atoms with van der Waals surface area (Å²) in [4.78, 5) is 11.2. The van der Waals surface area contributed by atoms with E-state index in [-0.39, 0.29) is 39.9 Å². The van der Waals surface area contributed by atoms with Gasteiger partial charge in [0.25, 0.3) is 0 Å². The highest BCUT2D eigenvalue weighted by atomic mass is 32.2. The molecule has 2 unspecified atom stereocenters. The highest BCUT2D eigenvalue weighted by Gasteiger charge is 2.44. The van der Waals surface area contributed by atoms with Crippen LogP contribution in [0, 0.1) is 20.6 Å². The summed E-state index contributed by atoms with van der Waals surface area (Å²) < 4.78 is 78.8. The number of rotatable bonds is 3. The van der Waals surface area contributed by atoms with Crippen molar-refractivity contribution in [2.75, 3.05) is 9.80 Å². The fraction of sp³-hybridized carbons (Fsp3) is 0.167. The molecule has 9 rings (SSSR count). The molecule has 0 spiro atoms. The molecule has 0 aromatic heterocycles. The maximum atomic E-state index is 8.76. The maximum absolute atomic E-state index is 8.76. The molecule has 5 aromatic carbocycles. The van der Waals surface area contributed by atoms with Crippen molar-refractivity contribution in [2.45, 2.75) is 55.5 Å². The van der Waals surface area contributed by atoms with Crippen LogP contribution in [-0.4, -0.2) is 26.1 Å². The van der Waals surface area contributed by atoms with Gasteiger partial charge in [0.2, 0.25) is 5.96 Å². The molecule has 47 heavy (non-hydrogen) atoms. The number of guanidine groups is 1. The second-order valence-corrected chi connectivity index (χ2v) is 18.3.